The molecule has 0 amide bonds. The summed E-state index contributed by atoms with van der Waals surface area (Å²) in [5, 5.41) is 0. The van der Waals surface area contributed by atoms with Crippen LogP contribution >= 0.6 is 0 Å². The van der Waals surface area contributed by atoms with Gasteiger partial charge in [0, 0.05) is 0 Å². The van der Waals surface area contributed by atoms with Gasteiger partial charge >= 0.3 is 0 Å². The molecule has 0 bridgehead atoms. The zero-order valence-electron chi connectivity index (χ0n) is 9.33. The number of halogens is 1. The lowest BCUT2D eigenvalue weighted by molar-refractivity contribution is 0.465. The number of benzene rings is 1. The van der Waals surface area contributed by atoms with Gasteiger partial charge in [-0.25, -0.2) is 4.39 Å². The summed E-state index contributed by atoms with van der Waals surface area (Å²) in [5.74, 6) is 1.19. The van der Waals surface area contributed by atoms with Gasteiger partial charge in [0.05, 0.1) is 6.04 Å². The second kappa shape index (κ2) is 4.10. The number of rotatable bonds is 2. The molecule has 1 atom stereocenters. The van der Waals surface area contributed by atoms with E-state index in [4.69, 9.17) is 10.2 Å². The Kier molecular flexibility index (Phi) is 2.79. The van der Waals surface area contributed by atoms with E-state index in [1.807, 2.05) is 32.0 Å². The van der Waals surface area contributed by atoms with Crippen molar-refractivity contribution in [2.24, 2.45) is 5.73 Å². The highest BCUT2D eigenvalue weighted by molar-refractivity contribution is 5.30. The van der Waals surface area contributed by atoms with Gasteiger partial charge in [-0.3, -0.25) is 0 Å². The lowest BCUT2D eigenvalue weighted by Crippen LogP contribution is -2.11. The van der Waals surface area contributed by atoms with E-state index >= 15 is 0 Å². The monoisotopic (exact) mass is 219 g/mol. The summed E-state index contributed by atoms with van der Waals surface area (Å²) in [6, 6.07) is 8.04. The Morgan fingerprint density at radius 3 is 2.50 bits per heavy atom. The standard InChI is InChI=1S/C13H14FNO/c1-8-5-10(7-11(14)6-8)13(15)12-4-3-9(2)16-12/h3-7,13H,15H2,1-2H3. The summed E-state index contributed by atoms with van der Waals surface area (Å²) >= 11 is 0. The number of furan rings is 1. The highest BCUT2D eigenvalue weighted by atomic mass is 19.1. The van der Waals surface area contributed by atoms with Crippen LogP contribution in [0.5, 0.6) is 0 Å². The van der Waals surface area contributed by atoms with Gasteiger partial charge in [-0.2, -0.15) is 0 Å². The van der Waals surface area contributed by atoms with Gasteiger partial charge in [0.15, 0.2) is 0 Å². The molecule has 0 spiro atoms. The lowest BCUT2D eigenvalue weighted by atomic mass is 10.0. The first-order chi connectivity index (χ1) is 7.56. The Hall–Kier alpha value is -1.61. The molecule has 0 radical (unpaired) electrons. The molecule has 2 rings (SSSR count). The normalized spacial score (nSPS) is 12.8. The molecule has 16 heavy (non-hydrogen) atoms. The maximum Gasteiger partial charge on any atom is 0.125 e. The fourth-order valence-electron chi connectivity index (χ4n) is 1.73. The summed E-state index contributed by atoms with van der Waals surface area (Å²) < 4.78 is 18.7. The van der Waals surface area contributed by atoms with E-state index in [0.717, 1.165) is 16.9 Å². The Morgan fingerprint density at radius 2 is 1.94 bits per heavy atom. The molecule has 1 unspecified atom stereocenters. The molecule has 3 heteroatoms. The number of nitrogens with two attached hydrogens (primary N) is 1. The Morgan fingerprint density at radius 1 is 1.19 bits per heavy atom. The van der Waals surface area contributed by atoms with Gasteiger partial charge in [-0.05, 0) is 49.2 Å². The minimum atomic E-state index is -0.414. The molecule has 0 fully saturated rings. The van der Waals surface area contributed by atoms with Crippen molar-refractivity contribution < 1.29 is 8.81 Å². The molecule has 1 aromatic carbocycles. The van der Waals surface area contributed by atoms with Gasteiger partial charge in [-0.1, -0.05) is 6.07 Å². The lowest BCUT2D eigenvalue weighted by Gasteiger charge is -2.10. The predicted octanol–water partition coefficient (Wildman–Crippen LogP) is 3.08. The summed E-state index contributed by atoms with van der Waals surface area (Å²) in [6.07, 6.45) is 0. The van der Waals surface area contributed by atoms with E-state index in [1.54, 1.807) is 0 Å². The first-order valence-corrected chi connectivity index (χ1v) is 5.15. The molecule has 1 heterocycles. The van der Waals surface area contributed by atoms with Gasteiger partial charge in [-0.15, -0.1) is 0 Å². The highest BCUT2D eigenvalue weighted by Gasteiger charge is 2.13. The van der Waals surface area contributed by atoms with Crippen LogP contribution in [0.4, 0.5) is 4.39 Å². The minimum absolute atomic E-state index is 0.270. The molecule has 2 N–H and O–H groups in total. The van der Waals surface area contributed by atoms with E-state index in [2.05, 4.69) is 0 Å². The smallest absolute Gasteiger partial charge is 0.125 e. The molecule has 84 valence electrons. The molecule has 0 saturated heterocycles. The van der Waals surface area contributed by atoms with Gasteiger partial charge in [0.1, 0.15) is 17.3 Å². The van der Waals surface area contributed by atoms with Crippen molar-refractivity contribution in [3.05, 3.63) is 58.8 Å². The zero-order valence-corrected chi connectivity index (χ0v) is 9.33. The van der Waals surface area contributed by atoms with Crippen LogP contribution in [-0.2, 0) is 0 Å². The first kappa shape index (κ1) is 10.9. The third-order valence-corrected chi connectivity index (χ3v) is 2.49. The van der Waals surface area contributed by atoms with E-state index in [-0.39, 0.29) is 5.82 Å². The SMILES string of the molecule is Cc1cc(F)cc(C(N)c2ccc(C)o2)c1. The largest absolute Gasteiger partial charge is 0.464 e. The highest BCUT2D eigenvalue weighted by Crippen LogP contribution is 2.23. The van der Waals surface area contributed by atoms with Crippen LogP contribution in [0, 0.1) is 19.7 Å². The predicted molar refractivity (Wildman–Crippen MR) is 60.6 cm³/mol. The third kappa shape index (κ3) is 2.14. The van der Waals surface area contributed by atoms with Crippen molar-refractivity contribution in [1.29, 1.82) is 0 Å². The Bertz CT molecular complexity index is 484. The molecule has 0 aliphatic carbocycles. The van der Waals surface area contributed by atoms with Crippen molar-refractivity contribution >= 4 is 0 Å². The van der Waals surface area contributed by atoms with E-state index in [0.29, 0.717) is 5.76 Å². The molecular weight excluding hydrogens is 205 g/mol. The van der Waals surface area contributed by atoms with Crippen LogP contribution in [0.2, 0.25) is 0 Å². The molecule has 0 saturated carbocycles. The first-order valence-electron chi connectivity index (χ1n) is 5.15. The average molecular weight is 219 g/mol. The fraction of sp³-hybridized carbons (Fsp3) is 0.231. The maximum absolute atomic E-state index is 13.2. The zero-order chi connectivity index (χ0) is 11.7. The minimum Gasteiger partial charge on any atom is -0.464 e. The van der Waals surface area contributed by atoms with Gasteiger partial charge in [0.25, 0.3) is 0 Å². The van der Waals surface area contributed by atoms with Crippen molar-refractivity contribution in [1.82, 2.24) is 0 Å². The molecule has 0 aliphatic heterocycles. The molecule has 2 nitrogen and oxygen atoms in total. The topological polar surface area (TPSA) is 39.2 Å². The summed E-state index contributed by atoms with van der Waals surface area (Å²) in [6.45, 7) is 3.69. The van der Waals surface area contributed by atoms with E-state index in [1.165, 1.54) is 12.1 Å². The molecule has 2 aromatic rings. The maximum atomic E-state index is 13.2. The van der Waals surface area contributed by atoms with Crippen LogP contribution in [0.3, 0.4) is 0 Å². The van der Waals surface area contributed by atoms with Crippen LogP contribution in [0.1, 0.15) is 28.7 Å². The van der Waals surface area contributed by atoms with Gasteiger partial charge in [0.2, 0.25) is 0 Å². The number of hydrogen-bond acceptors (Lipinski definition) is 2. The van der Waals surface area contributed by atoms with Crippen LogP contribution in [0.25, 0.3) is 0 Å². The quantitative estimate of drug-likeness (QED) is 0.843. The second-order valence-electron chi connectivity index (χ2n) is 3.99. The summed E-state index contributed by atoms with van der Waals surface area (Å²) in [4.78, 5) is 0. The Balaban J connectivity index is 2.37. The summed E-state index contributed by atoms with van der Waals surface area (Å²) in [5.41, 5.74) is 7.59. The number of aryl methyl sites for hydroxylation is 2. The van der Waals surface area contributed by atoms with Crippen LogP contribution < -0.4 is 5.73 Å². The van der Waals surface area contributed by atoms with Crippen molar-refractivity contribution in [2.75, 3.05) is 0 Å². The van der Waals surface area contributed by atoms with Crippen molar-refractivity contribution in [2.45, 2.75) is 19.9 Å². The molecule has 0 aliphatic rings. The Labute approximate surface area is 93.9 Å². The van der Waals surface area contributed by atoms with Crippen LogP contribution in [0.15, 0.2) is 34.7 Å². The average Bonchev–Trinajstić information content (AvgIpc) is 2.62. The van der Waals surface area contributed by atoms with Gasteiger partial charge < -0.3 is 10.2 Å². The number of hydrogen-bond donors (Lipinski definition) is 1. The third-order valence-electron chi connectivity index (χ3n) is 2.49. The van der Waals surface area contributed by atoms with Crippen molar-refractivity contribution in [3.63, 3.8) is 0 Å². The molecular formula is C13H14FNO. The summed E-state index contributed by atoms with van der Waals surface area (Å²) in [7, 11) is 0. The van der Waals surface area contributed by atoms with Crippen molar-refractivity contribution in [3.8, 4) is 0 Å². The molecule has 1 aromatic heterocycles. The van der Waals surface area contributed by atoms with E-state index < -0.39 is 6.04 Å². The van der Waals surface area contributed by atoms with E-state index in [9.17, 15) is 4.39 Å². The van der Waals surface area contributed by atoms with Crippen LogP contribution in [-0.4, -0.2) is 0 Å². The fourth-order valence-corrected chi connectivity index (χ4v) is 1.73. The second-order valence-corrected chi connectivity index (χ2v) is 3.99.